The van der Waals surface area contributed by atoms with Crippen molar-refractivity contribution in [3.05, 3.63) is 72.9 Å². The van der Waals surface area contributed by atoms with Crippen molar-refractivity contribution in [3.63, 3.8) is 0 Å². The van der Waals surface area contributed by atoms with Gasteiger partial charge in [0.15, 0.2) is 6.10 Å². The minimum Gasteiger partial charge on any atom is -0.462 e. The van der Waals surface area contributed by atoms with Crippen LogP contribution >= 0.6 is 0 Å². The van der Waals surface area contributed by atoms with E-state index >= 15 is 0 Å². The molecule has 0 amide bonds. The fraction of sp³-hybridized carbons (Fsp3) is 0.727. The number of carbonyl (C=O) groups is 3. The maximum atomic E-state index is 12.8. The Morgan fingerprint density at radius 3 is 1.07 bits per heavy atom. The van der Waals surface area contributed by atoms with E-state index in [1.807, 2.05) is 0 Å². The summed E-state index contributed by atoms with van der Waals surface area (Å²) in [7, 11) is 0. The zero-order valence-electron chi connectivity index (χ0n) is 39.9. The number of unbranched alkanes of at least 4 members (excludes halogenated alkanes) is 22. The standard InChI is InChI=1S/C55H94O6/c1-4-7-10-13-16-19-22-25-27-30-32-35-38-41-44-47-53(56)59-50-52(61-55(58)49-46-43-40-37-34-29-24-21-18-15-12-9-6-3)51-60-54(57)48-45-42-39-36-33-31-28-26-23-20-17-14-11-8-5-2/h7,10,16,19,21,24-28,32,35,52H,4-6,8-9,11-15,17-18,20,22-23,29-31,33-34,36-51H2,1-3H3/b10-7-,19-16-,24-21-,27-25-,28-26-,35-32-/t52-/m1/s1. The molecule has 0 saturated carbocycles. The third-order valence-corrected chi connectivity index (χ3v) is 10.7. The fourth-order valence-corrected chi connectivity index (χ4v) is 6.83. The average Bonchev–Trinajstić information content (AvgIpc) is 3.26. The molecule has 0 heterocycles. The molecule has 0 spiro atoms. The molecule has 0 aliphatic heterocycles. The normalized spacial score (nSPS) is 12.6. The van der Waals surface area contributed by atoms with Gasteiger partial charge in [-0.3, -0.25) is 14.4 Å². The molecule has 350 valence electrons. The van der Waals surface area contributed by atoms with E-state index in [1.165, 1.54) is 96.3 Å². The van der Waals surface area contributed by atoms with Gasteiger partial charge in [-0.1, -0.05) is 184 Å². The van der Waals surface area contributed by atoms with Crippen LogP contribution in [-0.2, 0) is 28.6 Å². The molecule has 0 aromatic rings. The lowest BCUT2D eigenvalue weighted by molar-refractivity contribution is -0.167. The monoisotopic (exact) mass is 851 g/mol. The Bertz CT molecular complexity index is 1160. The van der Waals surface area contributed by atoms with Gasteiger partial charge in [0.1, 0.15) is 13.2 Å². The number of carbonyl (C=O) groups excluding carboxylic acids is 3. The molecule has 6 nitrogen and oxygen atoms in total. The van der Waals surface area contributed by atoms with Crippen LogP contribution in [0, 0.1) is 0 Å². The van der Waals surface area contributed by atoms with E-state index in [0.717, 1.165) is 103 Å². The van der Waals surface area contributed by atoms with Crippen LogP contribution in [0.2, 0.25) is 0 Å². The minimum atomic E-state index is -0.798. The highest BCUT2D eigenvalue weighted by molar-refractivity contribution is 5.71. The van der Waals surface area contributed by atoms with Gasteiger partial charge in [0.25, 0.3) is 0 Å². The molecule has 0 aliphatic rings. The van der Waals surface area contributed by atoms with Crippen molar-refractivity contribution in [2.75, 3.05) is 13.2 Å². The first-order chi connectivity index (χ1) is 30.0. The molecule has 6 heteroatoms. The first-order valence-corrected chi connectivity index (χ1v) is 25.4. The zero-order valence-corrected chi connectivity index (χ0v) is 39.9. The lowest BCUT2D eigenvalue weighted by Gasteiger charge is -2.18. The van der Waals surface area contributed by atoms with Gasteiger partial charge in [-0.05, 0) is 109 Å². The number of esters is 3. The summed E-state index contributed by atoms with van der Waals surface area (Å²) in [6.07, 6.45) is 61.7. The van der Waals surface area contributed by atoms with Crippen molar-refractivity contribution < 1.29 is 28.6 Å². The summed E-state index contributed by atoms with van der Waals surface area (Å²) in [6.45, 7) is 6.45. The summed E-state index contributed by atoms with van der Waals surface area (Å²) >= 11 is 0. The van der Waals surface area contributed by atoms with E-state index in [1.54, 1.807) is 0 Å². The Kier molecular flexibility index (Phi) is 46.9. The van der Waals surface area contributed by atoms with E-state index in [2.05, 4.69) is 93.7 Å². The quantitative estimate of drug-likeness (QED) is 0.0263. The van der Waals surface area contributed by atoms with Crippen molar-refractivity contribution in [3.8, 4) is 0 Å². The van der Waals surface area contributed by atoms with E-state index in [-0.39, 0.29) is 31.1 Å². The summed E-state index contributed by atoms with van der Waals surface area (Å²) in [5.74, 6) is -0.956. The second-order valence-corrected chi connectivity index (χ2v) is 16.7. The fourth-order valence-electron chi connectivity index (χ4n) is 6.83. The molecule has 61 heavy (non-hydrogen) atoms. The maximum absolute atomic E-state index is 12.8. The average molecular weight is 851 g/mol. The van der Waals surface area contributed by atoms with Gasteiger partial charge < -0.3 is 14.2 Å². The van der Waals surface area contributed by atoms with Crippen LogP contribution in [0.1, 0.15) is 239 Å². The molecule has 0 fully saturated rings. The first-order valence-electron chi connectivity index (χ1n) is 25.4. The zero-order chi connectivity index (χ0) is 44.4. The molecule has 0 N–H and O–H groups in total. The minimum absolute atomic E-state index is 0.0963. The van der Waals surface area contributed by atoms with Gasteiger partial charge in [0.2, 0.25) is 0 Å². The summed E-state index contributed by atoms with van der Waals surface area (Å²) < 4.78 is 16.7. The topological polar surface area (TPSA) is 78.9 Å². The molecule has 0 radical (unpaired) electrons. The predicted molar refractivity (Wildman–Crippen MR) is 261 cm³/mol. The maximum Gasteiger partial charge on any atom is 0.306 e. The smallest absolute Gasteiger partial charge is 0.306 e. The van der Waals surface area contributed by atoms with Crippen LogP contribution < -0.4 is 0 Å². The van der Waals surface area contributed by atoms with Gasteiger partial charge in [0.05, 0.1) is 0 Å². The highest BCUT2D eigenvalue weighted by Gasteiger charge is 2.19. The van der Waals surface area contributed by atoms with E-state index in [9.17, 15) is 14.4 Å². The Morgan fingerprint density at radius 1 is 0.344 bits per heavy atom. The first kappa shape index (κ1) is 57.9. The molecule has 0 unspecified atom stereocenters. The van der Waals surface area contributed by atoms with E-state index in [0.29, 0.717) is 19.3 Å². The SMILES string of the molecule is CC/C=C\C/C=C\C/C=C\C/C=C\CCCCC(=O)OC[C@H](COC(=O)CCCCCCC/C=C\CCCCCCCC)OC(=O)CCCCCCC/C=C\CCCCCC. The molecule has 0 aliphatic carbocycles. The molecule has 0 rings (SSSR count). The van der Waals surface area contributed by atoms with Crippen molar-refractivity contribution in [1.29, 1.82) is 0 Å². The van der Waals surface area contributed by atoms with Gasteiger partial charge in [-0.25, -0.2) is 0 Å². The molecule has 0 aromatic heterocycles. The van der Waals surface area contributed by atoms with Crippen molar-refractivity contribution in [2.24, 2.45) is 0 Å². The Labute approximate surface area is 376 Å². The van der Waals surface area contributed by atoms with Crippen molar-refractivity contribution >= 4 is 17.9 Å². The molecule has 0 saturated heterocycles. The lowest BCUT2D eigenvalue weighted by atomic mass is 10.1. The summed E-state index contributed by atoms with van der Waals surface area (Å²) in [5.41, 5.74) is 0. The highest BCUT2D eigenvalue weighted by Crippen LogP contribution is 2.13. The van der Waals surface area contributed by atoms with Crippen molar-refractivity contribution in [2.45, 2.75) is 245 Å². The summed E-state index contributed by atoms with van der Waals surface area (Å²) in [4.78, 5) is 37.9. The van der Waals surface area contributed by atoms with Crippen LogP contribution in [0.4, 0.5) is 0 Å². The lowest BCUT2D eigenvalue weighted by Crippen LogP contribution is -2.30. The summed E-state index contributed by atoms with van der Waals surface area (Å²) in [6, 6.07) is 0. The number of ether oxygens (including phenoxy) is 3. The highest BCUT2D eigenvalue weighted by atomic mass is 16.6. The summed E-state index contributed by atoms with van der Waals surface area (Å²) in [5, 5.41) is 0. The van der Waals surface area contributed by atoms with Gasteiger partial charge in [-0.2, -0.15) is 0 Å². The molecule has 1 atom stereocenters. The number of allylic oxidation sites excluding steroid dienone is 12. The molecular weight excluding hydrogens is 757 g/mol. The second-order valence-electron chi connectivity index (χ2n) is 16.7. The molecule has 0 aromatic carbocycles. The van der Waals surface area contributed by atoms with Gasteiger partial charge >= 0.3 is 17.9 Å². The number of rotatable bonds is 45. The Balaban J connectivity index is 4.47. The van der Waals surface area contributed by atoms with E-state index in [4.69, 9.17) is 14.2 Å². The molecule has 0 bridgehead atoms. The van der Waals surface area contributed by atoms with Crippen LogP contribution in [0.15, 0.2) is 72.9 Å². The predicted octanol–water partition coefficient (Wildman–Crippen LogP) is 16.6. The Morgan fingerprint density at radius 2 is 0.639 bits per heavy atom. The third-order valence-electron chi connectivity index (χ3n) is 10.7. The van der Waals surface area contributed by atoms with Crippen LogP contribution in [-0.4, -0.2) is 37.2 Å². The third kappa shape index (κ3) is 47.7. The van der Waals surface area contributed by atoms with E-state index < -0.39 is 6.10 Å². The number of hydrogen-bond donors (Lipinski definition) is 0. The second kappa shape index (κ2) is 49.5. The Hall–Kier alpha value is -3.15. The van der Waals surface area contributed by atoms with Crippen LogP contribution in [0.3, 0.4) is 0 Å². The number of hydrogen-bond acceptors (Lipinski definition) is 6. The largest absolute Gasteiger partial charge is 0.462 e. The van der Waals surface area contributed by atoms with Crippen LogP contribution in [0.25, 0.3) is 0 Å². The van der Waals surface area contributed by atoms with Crippen molar-refractivity contribution in [1.82, 2.24) is 0 Å². The van der Waals surface area contributed by atoms with Gasteiger partial charge in [0, 0.05) is 19.3 Å². The van der Waals surface area contributed by atoms with Gasteiger partial charge in [-0.15, -0.1) is 0 Å². The van der Waals surface area contributed by atoms with Crippen LogP contribution in [0.5, 0.6) is 0 Å². The molecular formula is C55H94O6.